The maximum atomic E-state index is 12.3. The number of hydrogen-bond acceptors (Lipinski definition) is 3. The van der Waals surface area contributed by atoms with Gasteiger partial charge >= 0.3 is 0 Å². The standard InChI is InChI=1S/C17H16N2O3/c18-17(22)12-4-1-5-14(7-12)19-10-13(9-16(19)21)11-3-2-6-15(20)8-11/h1-8,13,20H,9-10H2,(H2,18,22). The van der Waals surface area contributed by atoms with Crippen molar-refractivity contribution in [2.24, 2.45) is 5.73 Å². The van der Waals surface area contributed by atoms with Crippen LogP contribution in [0.5, 0.6) is 5.75 Å². The Labute approximate surface area is 128 Å². The number of rotatable bonds is 3. The van der Waals surface area contributed by atoms with Gasteiger partial charge in [-0.3, -0.25) is 9.59 Å². The van der Waals surface area contributed by atoms with Crippen molar-refractivity contribution >= 4 is 17.5 Å². The summed E-state index contributed by atoms with van der Waals surface area (Å²) in [7, 11) is 0. The lowest BCUT2D eigenvalue weighted by Gasteiger charge is -2.17. The smallest absolute Gasteiger partial charge is 0.248 e. The van der Waals surface area contributed by atoms with E-state index in [1.807, 2.05) is 6.07 Å². The predicted molar refractivity (Wildman–Crippen MR) is 82.8 cm³/mol. The van der Waals surface area contributed by atoms with Crippen LogP contribution in [0.25, 0.3) is 0 Å². The molecule has 22 heavy (non-hydrogen) atoms. The zero-order valence-corrected chi connectivity index (χ0v) is 11.9. The highest BCUT2D eigenvalue weighted by molar-refractivity contribution is 5.99. The van der Waals surface area contributed by atoms with Crippen molar-refractivity contribution in [1.29, 1.82) is 0 Å². The topological polar surface area (TPSA) is 83.6 Å². The Bertz CT molecular complexity index is 742. The summed E-state index contributed by atoms with van der Waals surface area (Å²) in [5.74, 6) is -0.302. The Morgan fingerprint density at radius 3 is 2.68 bits per heavy atom. The second-order valence-corrected chi connectivity index (χ2v) is 5.41. The minimum Gasteiger partial charge on any atom is -0.508 e. The lowest BCUT2D eigenvalue weighted by atomic mass is 9.98. The first-order chi connectivity index (χ1) is 10.5. The zero-order chi connectivity index (χ0) is 15.7. The van der Waals surface area contributed by atoms with Crippen LogP contribution < -0.4 is 10.6 Å². The van der Waals surface area contributed by atoms with Crippen LogP contribution in [0, 0.1) is 0 Å². The molecule has 0 saturated carbocycles. The molecule has 1 saturated heterocycles. The van der Waals surface area contributed by atoms with Crippen molar-refractivity contribution in [3.63, 3.8) is 0 Å². The van der Waals surface area contributed by atoms with Crippen LogP contribution in [0.2, 0.25) is 0 Å². The summed E-state index contributed by atoms with van der Waals surface area (Å²) >= 11 is 0. The number of nitrogens with two attached hydrogens (primary N) is 1. The summed E-state index contributed by atoms with van der Waals surface area (Å²) in [6, 6.07) is 13.7. The molecule has 2 aromatic rings. The van der Waals surface area contributed by atoms with Crippen LogP contribution in [0.1, 0.15) is 28.3 Å². The Balaban J connectivity index is 1.86. The van der Waals surface area contributed by atoms with Gasteiger partial charge in [-0.1, -0.05) is 18.2 Å². The quantitative estimate of drug-likeness (QED) is 0.908. The maximum Gasteiger partial charge on any atom is 0.248 e. The van der Waals surface area contributed by atoms with Gasteiger partial charge in [-0.05, 0) is 35.9 Å². The minimum atomic E-state index is -0.516. The van der Waals surface area contributed by atoms with Crippen molar-refractivity contribution in [1.82, 2.24) is 0 Å². The fourth-order valence-electron chi connectivity index (χ4n) is 2.79. The molecule has 112 valence electrons. The van der Waals surface area contributed by atoms with Gasteiger partial charge in [0.25, 0.3) is 0 Å². The van der Waals surface area contributed by atoms with Crippen LogP contribution in [0.4, 0.5) is 5.69 Å². The van der Waals surface area contributed by atoms with Crippen molar-refractivity contribution in [2.75, 3.05) is 11.4 Å². The highest BCUT2D eigenvalue weighted by atomic mass is 16.3. The van der Waals surface area contributed by atoms with E-state index in [0.29, 0.717) is 24.2 Å². The summed E-state index contributed by atoms with van der Waals surface area (Å²) in [4.78, 5) is 25.2. The third-order valence-corrected chi connectivity index (χ3v) is 3.91. The van der Waals surface area contributed by atoms with Crippen molar-refractivity contribution in [2.45, 2.75) is 12.3 Å². The average molecular weight is 296 g/mol. The van der Waals surface area contributed by atoms with Gasteiger partial charge < -0.3 is 15.7 Å². The van der Waals surface area contributed by atoms with Gasteiger partial charge in [-0.15, -0.1) is 0 Å². The molecule has 1 heterocycles. The second kappa shape index (κ2) is 5.52. The molecule has 3 rings (SSSR count). The Hall–Kier alpha value is -2.82. The number of phenols is 1. The molecule has 0 spiro atoms. The molecule has 0 aliphatic carbocycles. The van der Waals surface area contributed by atoms with E-state index < -0.39 is 5.91 Å². The molecule has 1 atom stereocenters. The Morgan fingerprint density at radius 2 is 1.95 bits per heavy atom. The summed E-state index contributed by atoms with van der Waals surface area (Å²) in [6.45, 7) is 0.518. The Kier molecular flexibility index (Phi) is 3.55. The van der Waals surface area contributed by atoms with Gasteiger partial charge in [-0.25, -0.2) is 0 Å². The molecule has 0 aromatic heterocycles. The number of carbonyl (C=O) groups is 2. The zero-order valence-electron chi connectivity index (χ0n) is 11.9. The van der Waals surface area contributed by atoms with Crippen LogP contribution >= 0.6 is 0 Å². The van der Waals surface area contributed by atoms with Crippen molar-refractivity contribution in [3.05, 3.63) is 59.7 Å². The molecular weight excluding hydrogens is 280 g/mol. The molecule has 1 aliphatic rings. The number of phenolic OH excluding ortho intramolecular Hbond substituents is 1. The lowest BCUT2D eigenvalue weighted by Crippen LogP contribution is -2.24. The predicted octanol–water partition coefficient (Wildman–Crippen LogP) is 2.01. The molecule has 0 radical (unpaired) electrons. The normalized spacial score (nSPS) is 17.7. The van der Waals surface area contributed by atoms with E-state index in [1.165, 1.54) is 0 Å². The molecule has 0 bridgehead atoms. The van der Waals surface area contributed by atoms with Crippen molar-refractivity contribution < 1.29 is 14.7 Å². The first kappa shape index (κ1) is 14.1. The molecule has 2 amide bonds. The fraction of sp³-hybridized carbons (Fsp3) is 0.176. The summed E-state index contributed by atoms with van der Waals surface area (Å²) < 4.78 is 0. The summed E-state index contributed by atoms with van der Waals surface area (Å²) in [5.41, 5.74) is 7.26. The highest BCUT2D eigenvalue weighted by Crippen LogP contribution is 2.33. The van der Waals surface area contributed by atoms with E-state index in [2.05, 4.69) is 0 Å². The largest absolute Gasteiger partial charge is 0.508 e. The Morgan fingerprint density at radius 1 is 1.18 bits per heavy atom. The van der Waals surface area contributed by atoms with Crippen LogP contribution in [-0.2, 0) is 4.79 Å². The van der Waals surface area contributed by atoms with Crippen LogP contribution in [0.15, 0.2) is 48.5 Å². The van der Waals surface area contributed by atoms with Gasteiger partial charge in [0, 0.05) is 30.1 Å². The molecule has 3 N–H and O–H groups in total. The van der Waals surface area contributed by atoms with Gasteiger partial charge in [0.15, 0.2) is 0 Å². The lowest BCUT2D eigenvalue weighted by molar-refractivity contribution is -0.117. The maximum absolute atomic E-state index is 12.3. The highest BCUT2D eigenvalue weighted by Gasteiger charge is 2.31. The number of hydrogen-bond donors (Lipinski definition) is 2. The molecule has 1 fully saturated rings. The van der Waals surface area contributed by atoms with Gasteiger partial charge in [0.2, 0.25) is 11.8 Å². The molecular formula is C17H16N2O3. The molecule has 5 nitrogen and oxygen atoms in total. The summed E-state index contributed by atoms with van der Waals surface area (Å²) in [6.07, 6.45) is 0.379. The van der Waals surface area contributed by atoms with Gasteiger partial charge in [0.05, 0.1) is 0 Å². The fourth-order valence-corrected chi connectivity index (χ4v) is 2.79. The third kappa shape index (κ3) is 2.65. The van der Waals surface area contributed by atoms with E-state index in [4.69, 9.17) is 5.73 Å². The van der Waals surface area contributed by atoms with E-state index in [9.17, 15) is 14.7 Å². The molecule has 2 aromatic carbocycles. The van der Waals surface area contributed by atoms with Crippen molar-refractivity contribution in [3.8, 4) is 5.75 Å². The van der Waals surface area contributed by atoms with E-state index in [1.54, 1.807) is 47.4 Å². The number of primary amides is 1. The van der Waals surface area contributed by atoms with E-state index >= 15 is 0 Å². The van der Waals surface area contributed by atoms with E-state index in [0.717, 1.165) is 5.56 Å². The summed E-state index contributed by atoms with van der Waals surface area (Å²) in [5, 5.41) is 9.57. The number of benzene rings is 2. The minimum absolute atomic E-state index is 0.00466. The monoisotopic (exact) mass is 296 g/mol. The van der Waals surface area contributed by atoms with E-state index in [-0.39, 0.29) is 17.6 Å². The first-order valence-electron chi connectivity index (χ1n) is 7.04. The molecule has 1 unspecified atom stereocenters. The molecule has 5 heteroatoms. The van der Waals surface area contributed by atoms with Crippen LogP contribution in [-0.4, -0.2) is 23.5 Å². The number of aromatic hydroxyl groups is 1. The molecule has 1 aliphatic heterocycles. The average Bonchev–Trinajstić information content (AvgIpc) is 2.89. The number of amides is 2. The SMILES string of the molecule is NC(=O)c1cccc(N2CC(c3cccc(O)c3)CC2=O)c1. The number of carbonyl (C=O) groups excluding carboxylic acids is 2. The number of anilines is 1. The first-order valence-corrected chi connectivity index (χ1v) is 7.04. The second-order valence-electron chi connectivity index (χ2n) is 5.41. The van der Waals surface area contributed by atoms with Gasteiger partial charge in [-0.2, -0.15) is 0 Å². The number of nitrogens with zero attached hydrogens (tertiary/aromatic N) is 1. The van der Waals surface area contributed by atoms with Crippen LogP contribution in [0.3, 0.4) is 0 Å². The van der Waals surface area contributed by atoms with Gasteiger partial charge in [0.1, 0.15) is 5.75 Å². The third-order valence-electron chi connectivity index (χ3n) is 3.91.